The highest BCUT2D eigenvalue weighted by Crippen LogP contribution is 2.23. The van der Waals surface area contributed by atoms with Crippen LogP contribution in [0, 0.1) is 5.41 Å². The fraction of sp³-hybridized carbons (Fsp3) is 0.909. The molecule has 0 spiro atoms. The van der Waals surface area contributed by atoms with Crippen molar-refractivity contribution in [2.45, 2.75) is 125 Å². The van der Waals surface area contributed by atoms with Crippen molar-refractivity contribution in [3.8, 4) is 0 Å². The summed E-state index contributed by atoms with van der Waals surface area (Å²) in [5.41, 5.74) is 2.28. The van der Waals surface area contributed by atoms with Crippen LogP contribution in [-0.2, 0) is 0 Å². The zero-order valence-corrected chi connectivity index (χ0v) is 16.5. The van der Waals surface area contributed by atoms with Crippen molar-refractivity contribution in [2.24, 2.45) is 5.41 Å². The molecule has 0 N–H and O–H groups in total. The van der Waals surface area contributed by atoms with Gasteiger partial charge in [0.2, 0.25) is 0 Å². The van der Waals surface area contributed by atoms with Crippen molar-refractivity contribution in [3.05, 3.63) is 11.6 Å². The summed E-state index contributed by atoms with van der Waals surface area (Å²) in [4.78, 5) is 0. The molecule has 0 saturated heterocycles. The maximum Gasteiger partial charge on any atom is -0.0320 e. The summed E-state index contributed by atoms with van der Waals surface area (Å²) in [5, 5.41) is 0. The molecule has 0 aliphatic heterocycles. The highest BCUT2D eigenvalue weighted by molar-refractivity contribution is 5.01. The number of rotatable bonds is 14. The van der Waals surface area contributed by atoms with E-state index in [0.717, 1.165) is 0 Å². The Balaban J connectivity index is 3.81. The Bertz CT molecular complexity index is 242. The second kappa shape index (κ2) is 14.3. The highest BCUT2D eigenvalue weighted by Gasteiger charge is 2.08. The van der Waals surface area contributed by atoms with Gasteiger partial charge < -0.3 is 0 Å². The molecule has 0 bridgehead atoms. The van der Waals surface area contributed by atoms with Crippen molar-refractivity contribution in [3.63, 3.8) is 0 Å². The fourth-order valence-electron chi connectivity index (χ4n) is 2.99. The molecule has 0 fully saturated rings. The molecule has 0 nitrogen and oxygen atoms in total. The molecule has 0 heteroatoms. The van der Waals surface area contributed by atoms with Gasteiger partial charge in [0.05, 0.1) is 0 Å². The standard InChI is InChI=1S/C22H44/c1-6-8-13-17-21(18-14-9-7-2)19-15-11-10-12-16-20-22(3,4)5/h19H,6-18,20H2,1-5H3. The first kappa shape index (κ1) is 21.7. The molecule has 22 heavy (non-hydrogen) atoms. The Morgan fingerprint density at radius 2 is 1.23 bits per heavy atom. The van der Waals surface area contributed by atoms with Gasteiger partial charge in [-0.2, -0.15) is 0 Å². The van der Waals surface area contributed by atoms with E-state index in [0.29, 0.717) is 5.41 Å². The van der Waals surface area contributed by atoms with Crippen LogP contribution >= 0.6 is 0 Å². The maximum atomic E-state index is 2.59. The lowest BCUT2D eigenvalue weighted by molar-refractivity contribution is 0.357. The van der Waals surface area contributed by atoms with E-state index in [1.165, 1.54) is 89.9 Å². The smallest absolute Gasteiger partial charge is 0.0320 e. The molecule has 0 unspecified atom stereocenters. The second-order valence-corrected chi connectivity index (χ2v) is 8.29. The second-order valence-electron chi connectivity index (χ2n) is 8.29. The van der Waals surface area contributed by atoms with Crippen LogP contribution in [0.3, 0.4) is 0 Å². The molecular formula is C22H44. The quantitative estimate of drug-likeness (QED) is 0.223. The first-order valence-corrected chi connectivity index (χ1v) is 10.2. The van der Waals surface area contributed by atoms with E-state index < -0.39 is 0 Å². The van der Waals surface area contributed by atoms with Crippen molar-refractivity contribution < 1.29 is 0 Å². The van der Waals surface area contributed by atoms with E-state index in [4.69, 9.17) is 0 Å². The van der Waals surface area contributed by atoms with Gasteiger partial charge in [0, 0.05) is 0 Å². The van der Waals surface area contributed by atoms with Gasteiger partial charge >= 0.3 is 0 Å². The Morgan fingerprint density at radius 1 is 0.682 bits per heavy atom. The van der Waals surface area contributed by atoms with Crippen LogP contribution in [0.1, 0.15) is 125 Å². The minimum atomic E-state index is 0.519. The summed E-state index contributed by atoms with van der Waals surface area (Å²) in [7, 11) is 0. The van der Waals surface area contributed by atoms with Crippen LogP contribution in [0.2, 0.25) is 0 Å². The summed E-state index contributed by atoms with van der Waals surface area (Å²) in [5.74, 6) is 0. The van der Waals surface area contributed by atoms with Gasteiger partial charge in [-0.25, -0.2) is 0 Å². The molecule has 0 aliphatic carbocycles. The molecule has 0 heterocycles. The molecule has 0 atom stereocenters. The first-order valence-electron chi connectivity index (χ1n) is 10.2. The highest BCUT2D eigenvalue weighted by atomic mass is 14.1. The fourth-order valence-corrected chi connectivity index (χ4v) is 2.99. The van der Waals surface area contributed by atoms with Gasteiger partial charge in [0.15, 0.2) is 0 Å². The van der Waals surface area contributed by atoms with Crippen LogP contribution < -0.4 is 0 Å². The van der Waals surface area contributed by atoms with Crippen molar-refractivity contribution in [1.29, 1.82) is 0 Å². The predicted molar refractivity (Wildman–Crippen MR) is 104 cm³/mol. The van der Waals surface area contributed by atoms with Crippen molar-refractivity contribution in [1.82, 2.24) is 0 Å². The summed E-state index contributed by atoms with van der Waals surface area (Å²) < 4.78 is 0. The van der Waals surface area contributed by atoms with Gasteiger partial charge in [-0.15, -0.1) is 0 Å². The number of allylic oxidation sites excluding steroid dienone is 2. The summed E-state index contributed by atoms with van der Waals surface area (Å²) in [6, 6.07) is 0. The zero-order chi connectivity index (χ0) is 16.7. The normalized spacial score (nSPS) is 11.7. The number of hydrogen-bond acceptors (Lipinski definition) is 0. The Labute approximate surface area is 142 Å². The number of hydrogen-bond donors (Lipinski definition) is 0. The molecule has 0 radical (unpaired) electrons. The predicted octanol–water partition coefficient (Wildman–Crippen LogP) is 8.46. The average molecular weight is 309 g/mol. The van der Waals surface area contributed by atoms with E-state index in [-0.39, 0.29) is 0 Å². The van der Waals surface area contributed by atoms with Crippen LogP contribution in [0.5, 0.6) is 0 Å². The maximum absolute atomic E-state index is 2.59. The Morgan fingerprint density at radius 3 is 1.73 bits per heavy atom. The average Bonchev–Trinajstić information content (AvgIpc) is 2.45. The third-order valence-corrected chi connectivity index (χ3v) is 4.52. The molecule has 0 aromatic heterocycles. The van der Waals surface area contributed by atoms with Gasteiger partial charge in [-0.3, -0.25) is 0 Å². The van der Waals surface area contributed by atoms with Gasteiger partial charge in [0.1, 0.15) is 0 Å². The summed E-state index contributed by atoms with van der Waals surface area (Å²) in [6.07, 6.45) is 22.0. The van der Waals surface area contributed by atoms with E-state index in [1.54, 1.807) is 5.57 Å². The molecule has 0 saturated carbocycles. The summed E-state index contributed by atoms with van der Waals surface area (Å²) >= 11 is 0. The largest absolute Gasteiger partial charge is 0.0853 e. The molecule has 0 aromatic rings. The van der Waals surface area contributed by atoms with E-state index >= 15 is 0 Å². The molecule has 0 aromatic carbocycles. The minimum Gasteiger partial charge on any atom is -0.0853 e. The third kappa shape index (κ3) is 16.1. The van der Waals surface area contributed by atoms with Gasteiger partial charge in [-0.1, -0.05) is 91.2 Å². The van der Waals surface area contributed by atoms with E-state index in [9.17, 15) is 0 Å². The SMILES string of the molecule is CCCCCC(=CCCCCCCC(C)(C)C)CCCCC. The Hall–Kier alpha value is -0.260. The Kier molecular flexibility index (Phi) is 14.2. The molecule has 0 amide bonds. The lowest BCUT2D eigenvalue weighted by Gasteiger charge is -2.17. The van der Waals surface area contributed by atoms with Crippen molar-refractivity contribution >= 4 is 0 Å². The summed E-state index contributed by atoms with van der Waals surface area (Å²) in [6.45, 7) is 11.7. The molecule has 0 rings (SSSR count). The van der Waals surface area contributed by atoms with Crippen LogP contribution in [0.15, 0.2) is 11.6 Å². The minimum absolute atomic E-state index is 0.519. The van der Waals surface area contributed by atoms with E-state index in [2.05, 4.69) is 40.7 Å². The topological polar surface area (TPSA) is 0 Å². The van der Waals surface area contributed by atoms with E-state index in [1.807, 2.05) is 0 Å². The lowest BCUT2D eigenvalue weighted by atomic mass is 9.89. The van der Waals surface area contributed by atoms with Crippen LogP contribution in [-0.4, -0.2) is 0 Å². The van der Waals surface area contributed by atoms with Gasteiger partial charge in [-0.05, 0) is 50.4 Å². The zero-order valence-electron chi connectivity index (χ0n) is 16.5. The lowest BCUT2D eigenvalue weighted by Crippen LogP contribution is -2.03. The van der Waals surface area contributed by atoms with Gasteiger partial charge in [0.25, 0.3) is 0 Å². The van der Waals surface area contributed by atoms with Crippen LogP contribution in [0.4, 0.5) is 0 Å². The van der Waals surface area contributed by atoms with Crippen molar-refractivity contribution in [2.75, 3.05) is 0 Å². The molecule has 0 aliphatic rings. The number of unbranched alkanes of at least 4 members (excludes halogenated alkanes) is 8. The van der Waals surface area contributed by atoms with Crippen LogP contribution in [0.25, 0.3) is 0 Å². The molecule has 132 valence electrons. The third-order valence-electron chi connectivity index (χ3n) is 4.52. The monoisotopic (exact) mass is 308 g/mol. The first-order chi connectivity index (χ1) is 10.5. The molecular weight excluding hydrogens is 264 g/mol.